The molecular weight excluding hydrogens is 212 g/mol. The van der Waals surface area contributed by atoms with Crippen LogP contribution in [0, 0.1) is 11.3 Å². The number of hydrogen-bond donors (Lipinski definition) is 1. The first-order valence-electron chi connectivity index (χ1n) is 6.80. The predicted molar refractivity (Wildman–Crippen MR) is 71.6 cm³/mol. The average molecular weight is 240 g/mol. The number of nitrogens with two attached hydrogens (primary N) is 1. The fraction of sp³-hybridized carbons (Fsp3) is 0.929. The third kappa shape index (κ3) is 4.66. The van der Waals surface area contributed by atoms with Gasteiger partial charge in [-0.3, -0.25) is 4.79 Å². The maximum atomic E-state index is 12.0. The fourth-order valence-electron chi connectivity index (χ4n) is 2.33. The Morgan fingerprint density at radius 1 is 1.35 bits per heavy atom. The Balaban J connectivity index is 2.36. The van der Waals surface area contributed by atoms with Gasteiger partial charge in [-0.25, -0.2) is 0 Å². The second-order valence-corrected chi connectivity index (χ2v) is 6.60. The zero-order valence-electron chi connectivity index (χ0n) is 11.8. The van der Waals surface area contributed by atoms with Crippen LogP contribution in [-0.2, 0) is 4.79 Å². The molecule has 0 aromatic heterocycles. The number of rotatable bonds is 4. The molecule has 3 heteroatoms. The highest BCUT2D eigenvalue weighted by atomic mass is 16.2. The Morgan fingerprint density at radius 2 is 1.88 bits per heavy atom. The molecule has 0 radical (unpaired) electrons. The zero-order valence-corrected chi connectivity index (χ0v) is 11.8. The van der Waals surface area contributed by atoms with E-state index in [4.69, 9.17) is 5.73 Å². The molecule has 1 aliphatic carbocycles. The van der Waals surface area contributed by atoms with E-state index in [1.165, 1.54) is 25.7 Å². The van der Waals surface area contributed by atoms with Gasteiger partial charge < -0.3 is 10.6 Å². The van der Waals surface area contributed by atoms with Crippen molar-refractivity contribution in [2.24, 2.45) is 17.1 Å². The molecule has 0 bridgehead atoms. The molecule has 1 fully saturated rings. The van der Waals surface area contributed by atoms with Gasteiger partial charge in [-0.2, -0.15) is 0 Å². The van der Waals surface area contributed by atoms with Gasteiger partial charge in [-0.15, -0.1) is 0 Å². The van der Waals surface area contributed by atoms with Crippen molar-refractivity contribution in [3.05, 3.63) is 0 Å². The van der Waals surface area contributed by atoms with Gasteiger partial charge in [0.05, 0.1) is 0 Å². The predicted octanol–water partition coefficient (Wildman–Crippen LogP) is 2.40. The molecule has 0 spiro atoms. The maximum Gasteiger partial charge on any atom is 0.223 e. The topological polar surface area (TPSA) is 46.3 Å². The summed E-state index contributed by atoms with van der Waals surface area (Å²) in [6, 6.07) is -0.0546. The molecule has 0 aliphatic heterocycles. The van der Waals surface area contributed by atoms with E-state index in [0.717, 1.165) is 12.5 Å². The van der Waals surface area contributed by atoms with Crippen molar-refractivity contribution >= 4 is 5.91 Å². The molecule has 1 saturated carbocycles. The summed E-state index contributed by atoms with van der Waals surface area (Å²) in [6.07, 6.45) is 5.68. The summed E-state index contributed by atoms with van der Waals surface area (Å²) < 4.78 is 0. The fourth-order valence-corrected chi connectivity index (χ4v) is 2.33. The largest absolute Gasteiger partial charge is 0.345 e. The third-order valence-corrected chi connectivity index (χ3v) is 3.94. The third-order valence-electron chi connectivity index (χ3n) is 3.94. The number of nitrogens with zero attached hydrogens (tertiary/aromatic N) is 1. The summed E-state index contributed by atoms with van der Waals surface area (Å²) in [6.45, 7) is 7.17. The normalized spacial score (nSPS) is 19.4. The van der Waals surface area contributed by atoms with Gasteiger partial charge >= 0.3 is 0 Å². The van der Waals surface area contributed by atoms with Crippen molar-refractivity contribution in [1.29, 1.82) is 0 Å². The zero-order chi connectivity index (χ0) is 13.1. The van der Waals surface area contributed by atoms with Crippen LogP contribution in [0.25, 0.3) is 0 Å². The monoisotopic (exact) mass is 240 g/mol. The molecule has 1 atom stereocenters. The Kier molecular flexibility index (Phi) is 4.99. The van der Waals surface area contributed by atoms with Crippen LogP contribution >= 0.6 is 0 Å². The standard InChI is InChI=1S/C14H28N2O/c1-14(2,3)12(15)9-13(17)16(4)10-11-7-5-6-8-11/h11-12H,5-10,15H2,1-4H3. The highest BCUT2D eigenvalue weighted by molar-refractivity contribution is 5.76. The Bertz CT molecular complexity index is 251. The van der Waals surface area contributed by atoms with Crippen molar-refractivity contribution in [2.45, 2.75) is 58.9 Å². The van der Waals surface area contributed by atoms with Gasteiger partial charge in [-0.1, -0.05) is 33.6 Å². The van der Waals surface area contributed by atoms with Crippen molar-refractivity contribution in [3.63, 3.8) is 0 Å². The summed E-state index contributed by atoms with van der Waals surface area (Å²) in [5.41, 5.74) is 6.05. The average Bonchev–Trinajstić information content (AvgIpc) is 2.68. The van der Waals surface area contributed by atoms with Crippen LogP contribution in [0.5, 0.6) is 0 Å². The molecular formula is C14H28N2O. The lowest BCUT2D eigenvalue weighted by Gasteiger charge is -2.29. The smallest absolute Gasteiger partial charge is 0.223 e. The summed E-state index contributed by atoms with van der Waals surface area (Å²) >= 11 is 0. The highest BCUT2D eigenvalue weighted by Crippen LogP contribution is 2.26. The number of carbonyl (C=O) groups is 1. The first-order valence-corrected chi connectivity index (χ1v) is 6.80. The Hall–Kier alpha value is -0.570. The maximum absolute atomic E-state index is 12.0. The van der Waals surface area contributed by atoms with Gasteiger partial charge in [-0.05, 0) is 24.2 Å². The summed E-state index contributed by atoms with van der Waals surface area (Å²) in [4.78, 5) is 13.9. The lowest BCUT2D eigenvalue weighted by molar-refractivity contribution is -0.131. The van der Waals surface area contributed by atoms with Crippen LogP contribution in [0.15, 0.2) is 0 Å². The van der Waals surface area contributed by atoms with Gasteiger partial charge in [0.2, 0.25) is 5.91 Å². The molecule has 1 rings (SSSR count). The van der Waals surface area contributed by atoms with E-state index < -0.39 is 0 Å². The molecule has 100 valence electrons. The van der Waals surface area contributed by atoms with E-state index in [1.54, 1.807) is 0 Å². The van der Waals surface area contributed by atoms with Crippen molar-refractivity contribution in [3.8, 4) is 0 Å². The molecule has 1 aliphatic rings. The Labute approximate surface area is 106 Å². The number of amides is 1. The minimum absolute atomic E-state index is 0.00383. The molecule has 0 aromatic carbocycles. The van der Waals surface area contributed by atoms with Crippen molar-refractivity contribution in [2.75, 3.05) is 13.6 Å². The van der Waals surface area contributed by atoms with Crippen LogP contribution in [0.4, 0.5) is 0 Å². The van der Waals surface area contributed by atoms with E-state index in [9.17, 15) is 4.79 Å². The van der Waals surface area contributed by atoms with Gasteiger partial charge in [0, 0.05) is 26.1 Å². The second-order valence-electron chi connectivity index (χ2n) is 6.60. The molecule has 17 heavy (non-hydrogen) atoms. The quantitative estimate of drug-likeness (QED) is 0.820. The van der Waals surface area contributed by atoms with Crippen molar-refractivity contribution < 1.29 is 4.79 Å². The summed E-state index contributed by atoms with van der Waals surface area (Å²) in [5, 5.41) is 0. The second kappa shape index (κ2) is 5.85. The van der Waals surface area contributed by atoms with E-state index in [2.05, 4.69) is 20.8 Å². The van der Waals surface area contributed by atoms with Crippen LogP contribution in [0.3, 0.4) is 0 Å². The summed E-state index contributed by atoms with van der Waals surface area (Å²) in [5.74, 6) is 0.911. The molecule has 1 unspecified atom stereocenters. The molecule has 0 aromatic rings. The molecule has 0 saturated heterocycles. The van der Waals surface area contributed by atoms with E-state index in [1.807, 2.05) is 11.9 Å². The lowest BCUT2D eigenvalue weighted by atomic mass is 9.85. The minimum Gasteiger partial charge on any atom is -0.345 e. The first-order chi connectivity index (χ1) is 7.80. The lowest BCUT2D eigenvalue weighted by Crippen LogP contribution is -2.41. The Morgan fingerprint density at radius 3 is 2.35 bits per heavy atom. The molecule has 1 amide bonds. The highest BCUT2D eigenvalue weighted by Gasteiger charge is 2.26. The van der Waals surface area contributed by atoms with Crippen molar-refractivity contribution in [1.82, 2.24) is 4.90 Å². The first kappa shape index (κ1) is 14.5. The van der Waals surface area contributed by atoms with Gasteiger partial charge in [0.1, 0.15) is 0 Å². The SMILES string of the molecule is CN(CC1CCCC1)C(=O)CC(N)C(C)(C)C. The summed E-state index contributed by atoms with van der Waals surface area (Å²) in [7, 11) is 1.91. The van der Waals surface area contributed by atoms with Crippen LogP contribution in [0.1, 0.15) is 52.9 Å². The van der Waals surface area contributed by atoms with Crippen LogP contribution < -0.4 is 5.73 Å². The molecule has 3 nitrogen and oxygen atoms in total. The number of hydrogen-bond acceptors (Lipinski definition) is 2. The molecule has 2 N–H and O–H groups in total. The van der Waals surface area contributed by atoms with Gasteiger partial charge in [0.25, 0.3) is 0 Å². The van der Waals surface area contributed by atoms with E-state index in [0.29, 0.717) is 6.42 Å². The van der Waals surface area contributed by atoms with Gasteiger partial charge in [0.15, 0.2) is 0 Å². The number of carbonyl (C=O) groups excluding carboxylic acids is 1. The van der Waals surface area contributed by atoms with E-state index >= 15 is 0 Å². The minimum atomic E-state index is -0.0546. The molecule has 0 heterocycles. The van der Waals surface area contributed by atoms with Crippen LogP contribution in [-0.4, -0.2) is 30.4 Å². The van der Waals surface area contributed by atoms with Crippen LogP contribution in [0.2, 0.25) is 0 Å². The van der Waals surface area contributed by atoms with E-state index in [-0.39, 0.29) is 17.4 Å².